The van der Waals surface area contributed by atoms with Crippen molar-refractivity contribution >= 4 is 6.09 Å². The minimum absolute atomic E-state index is 0.0141. The highest BCUT2D eigenvalue weighted by molar-refractivity contribution is 5.64. The summed E-state index contributed by atoms with van der Waals surface area (Å²) in [4.78, 5) is 12.9. The van der Waals surface area contributed by atoms with Crippen LogP contribution >= 0.6 is 0 Å². The van der Waals surface area contributed by atoms with Crippen LogP contribution in [0.1, 0.15) is 12.0 Å². The standard InChI is InChI=1S/C13H19N3O2/c14-7-12-6-11(15-13(17)18)9-16(12)8-10-4-2-1-3-5-10/h1-5,11-12,15H,6-9,14H2,(H,17,18)/t11-,12-/m0/s1. The van der Waals surface area contributed by atoms with Crippen LogP contribution in [0.2, 0.25) is 0 Å². The molecule has 1 aromatic rings. The lowest BCUT2D eigenvalue weighted by Crippen LogP contribution is -2.36. The van der Waals surface area contributed by atoms with E-state index < -0.39 is 6.09 Å². The molecule has 1 fully saturated rings. The molecule has 0 bridgehead atoms. The number of nitrogens with zero attached hydrogens (tertiary/aromatic N) is 1. The molecule has 0 spiro atoms. The zero-order valence-corrected chi connectivity index (χ0v) is 10.2. The zero-order valence-electron chi connectivity index (χ0n) is 10.2. The van der Waals surface area contributed by atoms with Crippen LogP contribution in [0.3, 0.4) is 0 Å². The minimum Gasteiger partial charge on any atom is -0.465 e. The van der Waals surface area contributed by atoms with E-state index in [0.29, 0.717) is 6.54 Å². The third-order valence-corrected chi connectivity index (χ3v) is 3.36. The van der Waals surface area contributed by atoms with Crippen LogP contribution in [0.15, 0.2) is 30.3 Å². The van der Waals surface area contributed by atoms with E-state index in [1.807, 2.05) is 18.2 Å². The van der Waals surface area contributed by atoms with Gasteiger partial charge >= 0.3 is 6.09 Å². The van der Waals surface area contributed by atoms with Gasteiger partial charge in [-0.1, -0.05) is 30.3 Å². The molecule has 1 saturated heterocycles. The van der Waals surface area contributed by atoms with Gasteiger partial charge in [0.1, 0.15) is 0 Å². The molecule has 0 aromatic heterocycles. The lowest BCUT2D eigenvalue weighted by atomic mass is 10.1. The number of likely N-dealkylation sites (tertiary alicyclic amines) is 1. The highest BCUT2D eigenvalue weighted by atomic mass is 16.4. The number of benzene rings is 1. The molecule has 18 heavy (non-hydrogen) atoms. The maximum atomic E-state index is 10.7. The van der Waals surface area contributed by atoms with Crippen molar-refractivity contribution in [3.63, 3.8) is 0 Å². The van der Waals surface area contributed by atoms with Gasteiger partial charge in [-0.25, -0.2) is 4.79 Å². The highest BCUT2D eigenvalue weighted by Gasteiger charge is 2.31. The molecule has 1 heterocycles. The molecular weight excluding hydrogens is 230 g/mol. The van der Waals surface area contributed by atoms with Gasteiger partial charge in [-0.2, -0.15) is 0 Å². The van der Waals surface area contributed by atoms with Crippen molar-refractivity contribution in [1.29, 1.82) is 0 Å². The van der Waals surface area contributed by atoms with E-state index in [9.17, 15) is 4.79 Å². The Morgan fingerprint density at radius 1 is 1.44 bits per heavy atom. The third kappa shape index (κ3) is 3.21. The first-order valence-electron chi connectivity index (χ1n) is 6.16. The first kappa shape index (κ1) is 12.9. The molecule has 0 saturated carbocycles. The van der Waals surface area contributed by atoms with Crippen molar-refractivity contribution in [3.8, 4) is 0 Å². The SMILES string of the molecule is NC[C@@H]1C[C@H](NC(=O)O)CN1Cc1ccccc1. The van der Waals surface area contributed by atoms with Crippen molar-refractivity contribution in [2.45, 2.75) is 25.0 Å². The first-order valence-corrected chi connectivity index (χ1v) is 6.16. The van der Waals surface area contributed by atoms with Gasteiger partial charge in [-0.3, -0.25) is 4.90 Å². The molecule has 1 aromatic carbocycles. The van der Waals surface area contributed by atoms with Gasteiger partial charge in [0.2, 0.25) is 0 Å². The number of rotatable bonds is 4. The fraction of sp³-hybridized carbons (Fsp3) is 0.462. The first-order chi connectivity index (χ1) is 8.69. The summed E-state index contributed by atoms with van der Waals surface area (Å²) < 4.78 is 0. The van der Waals surface area contributed by atoms with Crippen molar-refractivity contribution in [2.24, 2.45) is 5.73 Å². The van der Waals surface area contributed by atoms with E-state index in [-0.39, 0.29) is 12.1 Å². The van der Waals surface area contributed by atoms with Crippen LogP contribution in [0.4, 0.5) is 4.79 Å². The van der Waals surface area contributed by atoms with Crippen LogP contribution in [-0.4, -0.2) is 41.3 Å². The Hall–Kier alpha value is -1.59. The van der Waals surface area contributed by atoms with E-state index in [0.717, 1.165) is 19.5 Å². The van der Waals surface area contributed by atoms with Gasteiger partial charge in [0.15, 0.2) is 0 Å². The van der Waals surface area contributed by atoms with Crippen LogP contribution < -0.4 is 11.1 Å². The maximum absolute atomic E-state index is 10.7. The Morgan fingerprint density at radius 3 is 2.78 bits per heavy atom. The largest absolute Gasteiger partial charge is 0.465 e. The van der Waals surface area contributed by atoms with Crippen molar-refractivity contribution in [1.82, 2.24) is 10.2 Å². The second-order valence-corrected chi connectivity index (χ2v) is 4.69. The van der Waals surface area contributed by atoms with Gasteiger partial charge in [0.05, 0.1) is 0 Å². The summed E-state index contributed by atoms with van der Waals surface area (Å²) in [7, 11) is 0. The fourth-order valence-corrected chi connectivity index (χ4v) is 2.52. The van der Waals surface area contributed by atoms with E-state index in [1.54, 1.807) is 0 Å². The maximum Gasteiger partial charge on any atom is 0.404 e. The topological polar surface area (TPSA) is 78.6 Å². The Bertz CT molecular complexity index is 396. The molecule has 0 unspecified atom stereocenters. The van der Waals surface area contributed by atoms with Crippen molar-refractivity contribution < 1.29 is 9.90 Å². The summed E-state index contributed by atoms with van der Waals surface area (Å²) in [6.07, 6.45) is -0.173. The molecule has 0 radical (unpaired) electrons. The molecule has 2 atom stereocenters. The van der Waals surface area contributed by atoms with E-state index in [4.69, 9.17) is 10.8 Å². The number of amides is 1. The summed E-state index contributed by atoms with van der Waals surface area (Å²) in [5, 5.41) is 11.3. The second-order valence-electron chi connectivity index (χ2n) is 4.69. The molecule has 1 amide bonds. The Balaban J connectivity index is 1.97. The summed E-state index contributed by atoms with van der Waals surface area (Å²) in [6, 6.07) is 10.4. The lowest BCUT2D eigenvalue weighted by molar-refractivity contribution is 0.189. The molecule has 0 aliphatic carbocycles. The van der Waals surface area contributed by atoms with E-state index in [2.05, 4.69) is 22.3 Å². The van der Waals surface area contributed by atoms with Gasteiger partial charge in [0, 0.05) is 31.7 Å². The van der Waals surface area contributed by atoms with Crippen LogP contribution in [-0.2, 0) is 6.54 Å². The lowest BCUT2D eigenvalue weighted by Gasteiger charge is -2.22. The van der Waals surface area contributed by atoms with E-state index in [1.165, 1.54) is 5.56 Å². The van der Waals surface area contributed by atoms with Crippen molar-refractivity contribution in [3.05, 3.63) is 35.9 Å². The molecule has 1 aliphatic heterocycles. The normalized spacial score (nSPS) is 24.1. The molecular formula is C13H19N3O2. The molecule has 5 nitrogen and oxygen atoms in total. The highest BCUT2D eigenvalue weighted by Crippen LogP contribution is 2.19. The number of nitrogens with one attached hydrogen (secondary N) is 1. The average Bonchev–Trinajstić information content (AvgIpc) is 2.71. The van der Waals surface area contributed by atoms with E-state index >= 15 is 0 Å². The molecule has 5 heteroatoms. The van der Waals surface area contributed by atoms with Crippen LogP contribution in [0.5, 0.6) is 0 Å². The quantitative estimate of drug-likeness (QED) is 0.739. The van der Waals surface area contributed by atoms with Gasteiger partial charge in [0.25, 0.3) is 0 Å². The number of carboxylic acid groups (broad SMARTS) is 1. The number of hydrogen-bond donors (Lipinski definition) is 3. The summed E-state index contributed by atoms with van der Waals surface area (Å²) in [6.45, 7) is 2.11. The van der Waals surface area contributed by atoms with Gasteiger partial charge in [-0.05, 0) is 12.0 Å². The smallest absolute Gasteiger partial charge is 0.404 e. The fourth-order valence-electron chi connectivity index (χ4n) is 2.52. The van der Waals surface area contributed by atoms with Crippen LogP contribution in [0.25, 0.3) is 0 Å². The average molecular weight is 249 g/mol. The second kappa shape index (κ2) is 5.84. The predicted molar refractivity (Wildman–Crippen MR) is 69.3 cm³/mol. The molecule has 4 N–H and O–H groups in total. The summed E-state index contributed by atoms with van der Waals surface area (Å²) >= 11 is 0. The monoisotopic (exact) mass is 249 g/mol. The summed E-state index contributed by atoms with van der Waals surface area (Å²) in [5.41, 5.74) is 6.98. The van der Waals surface area contributed by atoms with Gasteiger partial charge < -0.3 is 16.2 Å². The Kier molecular flexibility index (Phi) is 4.17. The van der Waals surface area contributed by atoms with Gasteiger partial charge in [-0.15, -0.1) is 0 Å². The Labute approximate surface area is 107 Å². The predicted octanol–water partition coefficient (Wildman–Crippen LogP) is 0.856. The number of carbonyl (C=O) groups is 1. The third-order valence-electron chi connectivity index (χ3n) is 3.36. The zero-order chi connectivity index (χ0) is 13.0. The molecule has 98 valence electrons. The summed E-state index contributed by atoms with van der Waals surface area (Å²) in [5.74, 6) is 0. The minimum atomic E-state index is -0.961. The molecule has 2 rings (SSSR count). The van der Waals surface area contributed by atoms with Crippen molar-refractivity contribution in [2.75, 3.05) is 13.1 Å². The Morgan fingerprint density at radius 2 is 2.17 bits per heavy atom. The molecule has 1 aliphatic rings. The number of nitrogens with two attached hydrogens (primary N) is 1. The van der Waals surface area contributed by atoms with Crippen LogP contribution in [0, 0.1) is 0 Å². The number of hydrogen-bond acceptors (Lipinski definition) is 3.